The Kier molecular flexibility index (Phi) is 3.73. The third kappa shape index (κ3) is 2.78. The van der Waals surface area contributed by atoms with Crippen LogP contribution in [0.5, 0.6) is 0 Å². The minimum atomic E-state index is -3.95. The Morgan fingerprint density at radius 2 is 2.20 bits per heavy atom. The van der Waals surface area contributed by atoms with Crippen molar-refractivity contribution < 1.29 is 12.8 Å². The number of aryl methyl sites for hydroxylation is 1. The predicted octanol–water partition coefficient (Wildman–Crippen LogP) is 0.994. The van der Waals surface area contributed by atoms with E-state index in [0.29, 0.717) is 5.56 Å². The molecule has 0 saturated heterocycles. The van der Waals surface area contributed by atoms with Crippen molar-refractivity contribution in [2.75, 3.05) is 4.72 Å². The van der Waals surface area contributed by atoms with E-state index in [0.717, 1.165) is 12.1 Å². The van der Waals surface area contributed by atoms with E-state index in [-0.39, 0.29) is 15.7 Å². The highest BCUT2D eigenvalue weighted by Crippen LogP contribution is 2.19. The smallest absolute Gasteiger partial charge is 0.263 e. The van der Waals surface area contributed by atoms with Crippen LogP contribution in [0.25, 0.3) is 0 Å². The van der Waals surface area contributed by atoms with Gasteiger partial charge >= 0.3 is 0 Å². The molecule has 0 aliphatic rings. The number of hydrogen-bond acceptors (Lipinski definition) is 4. The molecule has 0 aliphatic carbocycles. The molecule has 0 spiro atoms. The molecule has 106 valence electrons. The van der Waals surface area contributed by atoms with Gasteiger partial charge in [0.05, 0.1) is 16.7 Å². The average molecular weight is 314 g/mol. The van der Waals surface area contributed by atoms with E-state index < -0.39 is 15.8 Å². The number of thiocarbonyl (C=S) groups is 1. The van der Waals surface area contributed by atoms with Crippen LogP contribution in [0.1, 0.15) is 5.56 Å². The largest absolute Gasteiger partial charge is 0.389 e. The molecule has 0 amide bonds. The summed E-state index contributed by atoms with van der Waals surface area (Å²) >= 11 is 4.82. The fraction of sp³-hybridized carbons (Fsp3) is 0.0909. The average Bonchev–Trinajstić information content (AvgIpc) is 2.71. The molecule has 0 fully saturated rings. The minimum Gasteiger partial charge on any atom is -0.389 e. The van der Waals surface area contributed by atoms with Gasteiger partial charge < -0.3 is 5.73 Å². The zero-order valence-corrected chi connectivity index (χ0v) is 12.0. The maximum absolute atomic E-state index is 13.1. The Morgan fingerprint density at radius 3 is 2.80 bits per heavy atom. The molecule has 1 aromatic heterocycles. The van der Waals surface area contributed by atoms with Crippen LogP contribution in [0.4, 0.5) is 10.2 Å². The lowest BCUT2D eigenvalue weighted by atomic mass is 10.3. The Balaban J connectivity index is 2.44. The molecular formula is C11H11FN4O2S2. The zero-order valence-electron chi connectivity index (χ0n) is 10.4. The molecule has 0 unspecified atom stereocenters. The number of aromatic nitrogens is 2. The molecule has 0 aliphatic heterocycles. The van der Waals surface area contributed by atoms with Crippen molar-refractivity contribution in [1.29, 1.82) is 0 Å². The number of halogens is 1. The first-order valence-electron chi connectivity index (χ1n) is 5.41. The number of nitrogens with one attached hydrogen (secondary N) is 1. The van der Waals surface area contributed by atoms with Crippen molar-refractivity contribution in [3.63, 3.8) is 0 Å². The lowest BCUT2D eigenvalue weighted by molar-refractivity contribution is 0.594. The van der Waals surface area contributed by atoms with Gasteiger partial charge in [0.1, 0.15) is 16.6 Å². The molecule has 0 bridgehead atoms. The molecule has 0 radical (unpaired) electrons. The molecule has 6 nitrogen and oxygen atoms in total. The number of anilines is 1. The van der Waals surface area contributed by atoms with Crippen molar-refractivity contribution in [2.45, 2.75) is 4.90 Å². The number of benzene rings is 1. The number of rotatable bonds is 4. The van der Waals surface area contributed by atoms with Gasteiger partial charge in [-0.25, -0.2) is 12.8 Å². The van der Waals surface area contributed by atoms with Crippen LogP contribution >= 0.6 is 12.2 Å². The summed E-state index contributed by atoms with van der Waals surface area (Å²) in [6.07, 6.45) is 1.35. The first-order valence-corrected chi connectivity index (χ1v) is 7.30. The molecule has 9 heteroatoms. The molecule has 1 aromatic carbocycles. The highest BCUT2D eigenvalue weighted by Gasteiger charge is 2.20. The Labute approximate surface area is 120 Å². The van der Waals surface area contributed by atoms with Crippen LogP contribution in [0.3, 0.4) is 0 Å². The fourth-order valence-electron chi connectivity index (χ4n) is 1.56. The monoisotopic (exact) mass is 314 g/mol. The molecule has 2 aromatic rings. The van der Waals surface area contributed by atoms with Gasteiger partial charge in [0.25, 0.3) is 10.0 Å². The molecule has 0 saturated carbocycles. The van der Waals surface area contributed by atoms with E-state index in [2.05, 4.69) is 9.82 Å². The van der Waals surface area contributed by atoms with E-state index in [4.69, 9.17) is 18.0 Å². The second-order valence-corrected chi connectivity index (χ2v) is 6.08. The lowest BCUT2D eigenvalue weighted by Crippen LogP contribution is -2.19. The quantitative estimate of drug-likeness (QED) is 0.822. The number of sulfonamides is 1. The third-order valence-electron chi connectivity index (χ3n) is 2.54. The first-order chi connectivity index (χ1) is 9.31. The van der Waals surface area contributed by atoms with E-state index in [1.807, 2.05) is 0 Å². The SMILES string of the molecule is Cn1ncc(C(N)=S)c1NS(=O)(=O)c1cccc(F)c1. The summed E-state index contributed by atoms with van der Waals surface area (Å²) < 4.78 is 41.0. The fourth-order valence-corrected chi connectivity index (χ4v) is 2.85. The Morgan fingerprint density at radius 1 is 1.50 bits per heavy atom. The van der Waals surface area contributed by atoms with E-state index in [9.17, 15) is 12.8 Å². The standard InChI is InChI=1S/C11H11FN4O2S2/c1-16-11(9(6-14-16)10(13)19)15-20(17,18)8-4-2-3-7(12)5-8/h2-6,15H,1H3,(H2,13,19). The van der Waals surface area contributed by atoms with E-state index >= 15 is 0 Å². The van der Waals surface area contributed by atoms with Crippen molar-refractivity contribution in [1.82, 2.24) is 9.78 Å². The summed E-state index contributed by atoms with van der Waals surface area (Å²) in [5, 5.41) is 3.88. The highest BCUT2D eigenvalue weighted by atomic mass is 32.2. The van der Waals surface area contributed by atoms with Crippen molar-refractivity contribution in [2.24, 2.45) is 12.8 Å². The Bertz CT molecular complexity index is 770. The number of nitrogens with two attached hydrogens (primary N) is 1. The van der Waals surface area contributed by atoms with E-state index in [1.165, 1.54) is 30.1 Å². The normalized spacial score (nSPS) is 11.3. The van der Waals surface area contributed by atoms with Crippen molar-refractivity contribution in [3.05, 3.63) is 41.8 Å². The molecule has 1 heterocycles. The van der Waals surface area contributed by atoms with Crippen LogP contribution < -0.4 is 10.5 Å². The van der Waals surface area contributed by atoms with Crippen LogP contribution in [0, 0.1) is 5.82 Å². The maximum atomic E-state index is 13.1. The summed E-state index contributed by atoms with van der Waals surface area (Å²) in [7, 11) is -2.42. The molecule has 2 rings (SSSR count). The topological polar surface area (TPSA) is 90.0 Å². The molecular weight excluding hydrogens is 303 g/mol. The van der Waals surface area contributed by atoms with Crippen molar-refractivity contribution in [3.8, 4) is 0 Å². The van der Waals surface area contributed by atoms with Gasteiger partial charge in [0.2, 0.25) is 0 Å². The lowest BCUT2D eigenvalue weighted by Gasteiger charge is -2.10. The van der Waals surface area contributed by atoms with Crippen molar-refractivity contribution >= 4 is 33.0 Å². The van der Waals surface area contributed by atoms with E-state index in [1.54, 1.807) is 0 Å². The second-order valence-electron chi connectivity index (χ2n) is 3.96. The number of hydrogen-bond donors (Lipinski definition) is 2. The summed E-state index contributed by atoms with van der Waals surface area (Å²) in [6.45, 7) is 0. The predicted molar refractivity (Wildman–Crippen MR) is 76.3 cm³/mol. The molecule has 20 heavy (non-hydrogen) atoms. The van der Waals surface area contributed by atoms with Gasteiger partial charge in [-0.2, -0.15) is 5.10 Å². The van der Waals surface area contributed by atoms with Gasteiger partial charge in [-0.15, -0.1) is 0 Å². The Hall–Kier alpha value is -2.00. The first kappa shape index (κ1) is 14.4. The molecule has 0 atom stereocenters. The summed E-state index contributed by atoms with van der Waals surface area (Å²) in [5.74, 6) is -0.519. The second kappa shape index (κ2) is 5.17. The van der Waals surface area contributed by atoms with Crippen LogP contribution in [0.2, 0.25) is 0 Å². The minimum absolute atomic E-state index is 0.00930. The zero-order chi connectivity index (χ0) is 14.9. The summed E-state index contributed by atoms with van der Waals surface area (Å²) in [6, 6.07) is 4.66. The van der Waals surface area contributed by atoms with Crippen LogP contribution in [-0.4, -0.2) is 23.2 Å². The molecule has 3 N–H and O–H groups in total. The van der Waals surface area contributed by atoms with Crippen LogP contribution in [-0.2, 0) is 17.1 Å². The summed E-state index contributed by atoms with van der Waals surface area (Å²) in [4.78, 5) is -0.192. The number of nitrogens with zero attached hydrogens (tertiary/aromatic N) is 2. The van der Waals surface area contributed by atoms with Gasteiger partial charge in [-0.3, -0.25) is 9.40 Å². The van der Waals surface area contributed by atoms with Gasteiger partial charge in [0, 0.05) is 7.05 Å². The highest BCUT2D eigenvalue weighted by molar-refractivity contribution is 7.92. The van der Waals surface area contributed by atoms with Gasteiger partial charge in [0.15, 0.2) is 0 Å². The van der Waals surface area contributed by atoms with Gasteiger partial charge in [-0.1, -0.05) is 18.3 Å². The van der Waals surface area contributed by atoms with Gasteiger partial charge in [-0.05, 0) is 18.2 Å². The third-order valence-corrected chi connectivity index (χ3v) is 4.10. The maximum Gasteiger partial charge on any atom is 0.263 e. The summed E-state index contributed by atoms with van der Waals surface area (Å²) in [5.41, 5.74) is 5.79. The van der Waals surface area contributed by atoms with Crippen LogP contribution in [0.15, 0.2) is 35.4 Å².